The molecular weight excluding hydrogens is 316 g/mol. The highest BCUT2D eigenvalue weighted by molar-refractivity contribution is 7.88. The standard InChI is InChI=1S/C16H24N2O4S/c1-17(12-16(19)20)15-8-5-10-18(11-9-15)23(21,22)13-14-6-3-2-4-7-14/h2-4,6-7,15H,5,8-13H2,1H3,(H,19,20). The first-order valence-electron chi connectivity index (χ1n) is 7.82. The molecule has 6 nitrogen and oxygen atoms in total. The molecule has 1 atom stereocenters. The van der Waals surface area contributed by atoms with Crippen LogP contribution in [0, 0.1) is 0 Å². The van der Waals surface area contributed by atoms with Crippen LogP contribution >= 0.6 is 0 Å². The van der Waals surface area contributed by atoms with Gasteiger partial charge in [-0.3, -0.25) is 9.69 Å². The zero-order valence-corrected chi connectivity index (χ0v) is 14.2. The normalized spacial score (nSPS) is 20.3. The molecule has 1 aliphatic heterocycles. The molecule has 0 aliphatic carbocycles. The summed E-state index contributed by atoms with van der Waals surface area (Å²) >= 11 is 0. The fourth-order valence-corrected chi connectivity index (χ4v) is 4.58. The van der Waals surface area contributed by atoms with E-state index in [4.69, 9.17) is 5.11 Å². The number of hydrogen-bond acceptors (Lipinski definition) is 4. The Balaban J connectivity index is 1.98. The second kappa shape index (κ2) is 7.90. The Morgan fingerprint density at radius 1 is 1.26 bits per heavy atom. The molecule has 0 spiro atoms. The van der Waals surface area contributed by atoms with Gasteiger partial charge >= 0.3 is 5.97 Å². The van der Waals surface area contributed by atoms with E-state index in [1.165, 1.54) is 0 Å². The summed E-state index contributed by atoms with van der Waals surface area (Å²) in [7, 11) is -1.55. The molecule has 2 rings (SSSR count). The van der Waals surface area contributed by atoms with Gasteiger partial charge in [-0.15, -0.1) is 0 Å². The minimum atomic E-state index is -3.33. The van der Waals surface area contributed by atoms with Gasteiger partial charge in [-0.05, 0) is 31.9 Å². The van der Waals surface area contributed by atoms with Crippen molar-refractivity contribution in [2.75, 3.05) is 26.7 Å². The number of carboxylic acids is 1. The Kier molecular flexibility index (Phi) is 6.15. The Morgan fingerprint density at radius 3 is 2.61 bits per heavy atom. The summed E-state index contributed by atoms with van der Waals surface area (Å²) in [4.78, 5) is 12.6. The predicted octanol–water partition coefficient (Wildman–Crippen LogP) is 1.39. The van der Waals surface area contributed by atoms with Crippen LogP contribution in [0.3, 0.4) is 0 Å². The molecule has 0 bridgehead atoms. The molecule has 128 valence electrons. The van der Waals surface area contributed by atoms with Crippen LogP contribution in [-0.2, 0) is 20.6 Å². The maximum atomic E-state index is 12.6. The van der Waals surface area contributed by atoms with E-state index in [0.29, 0.717) is 19.5 Å². The van der Waals surface area contributed by atoms with Gasteiger partial charge in [0.05, 0.1) is 12.3 Å². The number of likely N-dealkylation sites (N-methyl/N-ethyl adjacent to an activating group) is 1. The molecule has 0 saturated carbocycles. The molecule has 1 aliphatic rings. The quantitative estimate of drug-likeness (QED) is 0.847. The monoisotopic (exact) mass is 340 g/mol. The third-order valence-corrected chi connectivity index (χ3v) is 6.10. The molecule has 0 radical (unpaired) electrons. The highest BCUT2D eigenvalue weighted by Gasteiger charge is 2.28. The number of nitrogens with zero attached hydrogens (tertiary/aromatic N) is 2. The molecule has 7 heteroatoms. The summed E-state index contributed by atoms with van der Waals surface area (Å²) in [5.74, 6) is -0.839. The molecule has 1 fully saturated rings. The number of carboxylic acid groups (broad SMARTS) is 1. The van der Waals surface area contributed by atoms with Crippen molar-refractivity contribution < 1.29 is 18.3 Å². The fourth-order valence-electron chi connectivity index (χ4n) is 2.99. The van der Waals surface area contributed by atoms with Crippen LogP contribution in [0.4, 0.5) is 0 Å². The maximum absolute atomic E-state index is 12.6. The average Bonchev–Trinajstić information content (AvgIpc) is 2.73. The number of sulfonamides is 1. The lowest BCUT2D eigenvalue weighted by Crippen LogP contribution is -2.37. The van der Waals surface area contributed by atoms with Crippen molar-refractivity contribution in [1.82, 2.24) is 9.21 Å². The zero-order valence-electron chi connectivity index (χ0n) is 13.4. The smallest absolute Gasteiger partial charge is 0.317 e. The molecular formula is C16H24N2O4S. The maximum Gasteiger partial charge on any atom is 0.317 e. The van der Waals surface area contributed by atoms with E-state index >= 15 is 0 Å². The predicted molar refractivity (Wildman–Crippen MR) is 88.5 cm³/mol. The fraction of sp³-hybridized carbons (Fsp3) is 0.562. The van der Waals surface area contributed by atoms with Crippen molar-refractivity contribution in [3.63, 3.8) is 0 Å². The van der Waals surface area contributed by atoms with Gasteiger partial charge in [0.25, 0.3) is 0 Å². The Bertz CT molecular complexity index is 618. The highest BCUT2D eigenvalue weighted by atomic mass is 32.2. The topological polar surface area (TPSA) is 77.9 Å². The van der Waals surface area contributed by atoms with Gasteiger partial charge < -0.3 is 5.11 Å². The first-order valence-corrected chi connectivity index (χ1v) is 9.43. The van der Waals surface area contributed by atoms with Crippen molar-refractivity contribution in [3.8, 4) is 0 Å². The SMILES string of the molecule is CN(CC(=O)O)C1CCCN(S(=O)(=O)Cc2ccccc2)CC1. The van der Waals surface area contributed by atoms with Crippen molar-refractivity contribution in [1.29, 1.82) is 0 Å². The molecule has 1 heterocycles. The van der Waals surface area contributed by atoms with Crippen LogP contribution in [0.5, 0.6) is 0 Å². The van der Waals surface area contributed by atoms with Gasteiger partial charge in [-0.25, -0.2) is 12.7 Å². The Morgan fingerprint density at radius 2 is 1.96 bits per heavy atom. The summed E-state index contributed by atoms with van der Waals surface area (Å²) in [6.45, 7) is 0.942. The number of hydrogen-bond donors (Lipinski definition) is 1. The molecule has 1 unspecified atom stereocenters. The van der Waals surface area contributed by atoms with Crippen molar-refractivity contribution in [2.24, 2.45) is 0 Å². The molecule has 1 aromatic carbocycles. The van der Waals surface area contributed by atoms with E-state index in [9.17, 15) is 13.2 Å². The summed E-state index contributed by atoms with van der Waals surface area (Å²) in [5.41, 5.74) is 0.788. The van der Waals surface area contributed by atoms with Crippen molar-refractivity contribution in [2.45, 2.75) is 31.1 Å². The van der Waals surface area contributed by atoms with Gasteiger partial charge in [0, 0.05) is 19.1 Å². The first-order chi connectivity index (χ1) is 10.9. The van der Waals surface area contributed by atoms with Gasteiger partial charge in [-0.2, -0.15) is 0 Å². The van der Waals surface area contributed by atoms with E-state index in [-0.39, 0.29) is 18.3 Å². The van der Waals surface area contributed by atoms with E-state index < -0.39 is 16.0 Å². The molecule has 0 amide bonds. The molecule has 1 aromatic rings. The lowest BCUT2D eigenvalue weighted by Gasteiger charge is -2.25. The third kappa shape index (κ3) is 5.30. The summed E-state index contributed by atoms with van der Waals surface area (Å²) in [6.07, 6.45) is 2.24. The number of aliphatic carboxylic acids is 1. The number of rotatable bonds is 6. The van der Waals surface area contributed by atoms with Crippen molar-refractivity contribution in [3.05, 3.63) is 35.9 Å². The lowest BCUT2D eigenvalue weighted by molar-refractivity contribution is -0.138. The van der Waals surface area contributed by atoms with Crippen LogP contribution < -0.4 is 0 Å². The third-order valence-electron chi connectivity index (χ3n) is 4.25. The lowest BCUT2D eigenvalue weighted by atomic mass is 10.1. The van der Waals surface area contributed by atoms with Crippen LogP contribution in [0.2, 0.25) is 0 Å². The Hall–Kier alpha value is -1.44. The van der Waals surface area contributed by atoms with E-state index in [1.807, 2.05) is 30.3 Å². The van der Waals surface area contributed by atoms with Gasteiger partial charge in [0.1, 0.15) is 0 Å². The second-order valence-electron chi connectivity index (χ2n) is 6.03. The van der Waals surface area contributed by atoms with Gasteiger partial charge in [0.15, 0.2) is 0 Å². The van der Waals surface area contributed by atoms with Crippen LogP contribution in [-0.4, -0.2) is 61.4 Å². The second-order valence-corrected chi connectivity index (χ2v) is 8.00. The minimum absolute atomic E-state index is 0.0125. The molecule has 23 heavy (non-hydrogen) atoms. The van der Waals surface area contributed by atoms with Crippen LogP contribution in [0.15, 0.2) is 30.3 Å². The molecule has 1 N–H and O–H groups in total. The summed E-state index contributed by atoms with van der Waals surface area (Å²) in [5, 5.41) is 8.88. The van der Waals surface area contributed by atoms with Crippen LogP contribution in [0.25, 0.3) is 0 Å². The molecule has 1 saturated heterocycles. The zero-order chi connectivity index (χ0) is 16.9. The van der Waals surface area contributed by atoms with Crippen molar-refractivity contribution >= 4 is 16.0 Å². The average molecular weight is 340 g/mol. The first kappa shape index (κ1) is 17.9. The molecule has 0 aromatic heterocycles. The largest absolute Gasteiger partial charge is 0.480 e. The van der Waals surface area contributed by atoms with Gasteiger partial charge in [0.2, 0.25) is 10.0 Å². The highest BCUT2D eigenvalue weighted by Crippen LogP contribution is 2.20. The number of carbonyl (C=O) groups is 1. The van der Waals surface area contributed by atoms with E-state index in [2.05, 4.69) is 0 Å². The Labute approximate surface area is 137 Å². The van der Waals surface area contributed by atoms with Gasteiger partial charge in [-0.1, -0.05) is 30.3 Å². The summed E-state index contributed by atoms with van der Waals surface area (Å²) < 4.78 is 26.7. The van der Waals surface area contributed by atoms with E-state index in [0.717, 1.165) is 18.4 Å². The number of benzene rings is 1. The summed E-state index contributed by atoms with van der Waals surface area (Å²) in [6, 6.07) is 9.29. The minimum Gasteiger partial charge on any atom is -0.480 e. The van der Waals surface area contributed by atoms with Crippen LogP contribution in [0.1, 0.15) is 24.8 Å². The van der Waals surface area contributed by atoms with E-state index in [1.54, 1.807) is 16.3 Å².